The Morgan fingerprint density at radius 3 is 2.50 bits per heavy atom. The van der Waals surface area contributed by atoms with E-state index in [1.54, 1.807) is 18.2 Å². The van der Waals surface area contributed by atoms with E-state index in [2.05, 4.69) is 16.0 Å². The largest absolute Gasteiger partial charge is 0.349 e. The Morgan fingerprint density at radius 2 is 1.79 bits per heavy atom. The van der Waals surface area contributed by atoms with Crippen LogP contribution in [0.15, 0.2) is 18.2 Å². The van der Waals surface area contributed by atoms with E-state index in [0.29, 0.717) is 28.6 Å². The summed E-state index contributed by atoms with van der Waals surface area (Å²) in [6.07, 6.45) is 9.31. The summed E-state index contributed by atoms with van der Waals surface area (Å²) in [6, 6.07) is 5.34. The van der Waals surface area contributed by atoms with E-state index >= 15 is 0 Å². The third-order valence-corrected chi connectivity index (χ3v) is 6.00. The number of amides is 2. The van der Waals surface area contributed by atoms with E-state index in [1.807, 2.05) is 0 Å². The molecule has 7 heteroatoms. The Hall–Kier alpha value is -1.30. The van der Waals surface area contributed by atoms with E-state index in [0.717, 1.165) is 58.0 Å². The van der Waals surface area contributed by atoms with Crippen LogP contribution in [0.5, 0.6) is 0 Å². The fourth-order valence-corrected chi connectivity index (χ4v) is 4.22. The molecule has 1 saturated heterocycles. The second-order valence-corrected chi connectivity index (χ2v) is 8.19. The van der Waals surface area contributed by atoms with Gasteiger partial charge >= 0.3 is 0 Å². The lowest BCUT2D eigenvalue weighted by Gasteiger charge is -2.23. The fourth-order valence-electron chi connectivity index (χ4n) is 4.02. The predicted octanol–water partition coefficient (Wildman–Crippen LogP) is 4.54. The van der Waals surface area contributed by atoms with Crippen molar-refractivity contribution in [3.63, 3.8) is 0 Å². The normalized spacial score (nSPS) is 18.2. The first-order valence-electron chi connectivity index (χ1n) is 10.2. The molecule has 1 aliphatic heterocycles. The molecule has 0 unspecified atom stereocenters. The standard InChI is InChI=1S/C21H30ClN3O2.ClH/c22-19-8-7-17(24-20(26)9-6-15-10-12-23-13-11-15)14-18(19)21(27)25-16-4-2-1-3-5-16;/h7-8,14-16,23H,1-6,9-13H2,(H,24,26)(H,25,27);1H. The van der Waals surface area contributed by atoms with Gasteiger partial charge in [0.25, 0.3) is 5.91 Å². The van der Waals surface area contributed by atoms with Gasteiger partial charge in [0.15, 0.2) is 0 Å². The number of hydrogen-bond donors (Lipinski definition) is 3. The molecule has 0 radical (unpaired) electrons. The van der Waals surface area contributed by atoms with Gasteiger partial charge in [-0.1, -0.05) is 30.9 Å². The van der Waals surface area contributed by atoms with Crippen molar-refractivity contribution in [2.75, 3.05) is 18.4 Å². The number of rotatable bonds is 6. The summed E-state index contributed by atoms with van der Waals surface area (Å²) < 4.78 is 0. The molecule has 2 amide bonds. The van der Waals surface area contributed by atoms with Crippen molar-refractivity contribution in [3.05, 3.63) is 28.8 Å². The molecule has 0 aromatic heterocycles. The van der Waals surface area contributed by atoms with Crippen LogP contribution in [-0.4, -0.2) is 30.9 Å². The van der Waals surface area contributed by atoms with Crippen LogP contribution in [0.25, 0.3) is 0 Å². The third kappa shape index (κ3) is 6.94. The number of carbonyl (C=O) groups excluding carboxylic acids is 2. The lowest BCUT2D eigenvalue weighted by atomic mass is 9.93. The second-order valence-electron chi connectivity index (χ2n) is 7.78. The van der Waals surface area contributed by atoms with Crippen LogP contribution in [0.2, 0.25) is 5.02 Å². The van der Waals surface area contributed by atoms with Crippen molar-refractivity contribution in [2.45, 2.75) is 63.8 Å². The van der Waals surface area contributed by atoms with Gasteiger partial charge in [0.05, 0.1) is 10.6 Å². The number of anilines is 1. The van der Waals surface area contributed by atoms with Gasteiger partial charge in [-0.15, -0.1) is 12.4 Å². The summed E-state index contributed by atoms with van der Waals surface area (Å²) in [4.78, 5) is 24.9. The molecule has 3 rings (SSSR count). The minimum atomic E-state index is -0.155. The minimum Gasteiger partial charge on any atom is -0.349 e. The third-order valence-electron chi connectivity index (χ3n) is 5.67. The predicted molar refractivity (Wildman–Crippen MR) is 116 cm³/mol. The summed E-state index contributed by atoms with van der Waals surface area (Å²) in [5.74, 6) is 0.464. The molecule has 0 spiro atoms. The average molecular weight is 428 g/mol. The Labute approximate surface area is 178 Å². The van der Waals surface area contributed by atoms with Gasteiger partial charge in [0.1, 0.15) is 0 Å². The van der Waals surface area contributed by atoms with Gasteiger partial charge in [-0.3, -0.25) is 9.59 Å². The van der Waals surface area contributed by atoms with Crippen LogP contribution in [0.4, 0.5) is 5.69 Å². The zero-order valence-corrected chi connectivity index (χ0v) is 17.8. The summed E-state index contributed by atoms with van der Waals surface area (Å²) in [5.41, 5.74) is 1.06. The molecular weight excluding hydrogens is 397 g/mol. The maximum Gasteiger partial charge on any atom is 0.253 e. The molecule has 1 aliphatic carbocycles. The zero-order chi connectivity index (χ0) is 19.1. The first-order valence-corrected chi connectivity index (χ1v) is 10.6. The molecule has 1 aromatic rings. The highest BCUT2D eigenvalue weighted by molar-refractivity contribution is 6.34. The smallest absolute Gasteiger partial charge is 0.253 e. The van der Waals surface area contributed by atoms with E-state index in [-0.39, 0.29) is 30.3 Å². The SMILES string of the molecule is Cl.O=C(CCC1CCNCC1)Nc1ccc(Cl)c(C(=O)NC2CCCCC2)c1. The number of hydrogen-bond acceptors (Lipinski definition) is 3. The quantitative estimate of drug-likeness (QED) is 0.623. The molecule has 0 bridgehead atoms. The summed E-state index contributed by atoms with van der Waals surface area (Å²) in [7, 11) is 0. The van der Waals surface area contributed by atoms with Gasteiger partial charge in [-0.05, 0) is 69.3 Å². The Morgan fingerprint density at radius 1 is 1.07 bits per heavy atom. The highest BCUT2D eigenvalue weighted by Crippen LogP contribution is 2.23. The number of benzene rings is 1. The summed E-state index contributed by atoms with van der Waals surface area (Å²) in [6.45, 7) is 2.09. The molecule has 5 nitrogen and oxygen atoms in total. The molecule has 1 heterocycles. The van der Waals surface area contributed by atoms with Gasteiger partial charge in [0.2, 0.25) is 5.91 Å². The van der Waals surface area contributed by atoms with Gasteiger partial charge in [-0.25, -0.2) is 0 Å². The summed E-state index contributed by atoms with van der Waals surface area (Å²) >= 11 is 6.23. The topological polar surface area (TPSA) is 70.2 Å². The molecule has 2 aliphatic rings. The Kier molecular flexibility index (Phi) is 9.56. The van der Waals surface area contributed by atoms with E-state index in [1.165, 1.54) is 6.42 Å². The maximum absolute atomic E-state index is 12.6. The highest BCUT2D eigenvalue weighted by atomic mass is 35.5. The Bertz CT molecular complexity index is 657. The number of nitrogens with one attached hydrogen (secondary N) is 3. The Balaban J connectivity index is 0.00000280. The molecule has 3 N–H and O–H groups in total. The lowest BCUT2D eigenvalue weighted by molar-refractivity contribution is -0.116. The van der Waals surface area contributed by atoms with Crippen LogP contribution >= 0.6 is 24.0 Å². The zero-order valence-electron chi connectivity index (χ0n) is 16.3. The van der Waals surface area contributed by atoms with Crippen molar-refractivity contribution in [2.24, 2.45) is 5.92 Å². The van der Waals surface area contributed by atoms with Crippen molar-refractivity contribution in [3.8, 4) is 0 Å². The highest BCUT2D eigenvalue weighted by Gasteiger charge is 2.19. The van der Waals surface area contributed by atoms with Crippen molar-refractivity contribution in [1.29, 1.82) is 0 Å². The van der Waals surface area contributed by atoms with E-state index in [9.17, 15) is 9.59 Å². The monoisotopic (exact) mass is 427 g/mol. The van der Waals surface area contributed by atoms with Gasteiger partial charge < -0.3 is 16.0 Å². The number of carbonyl (C=O) groups is 2. The van der Waals surface area contributed by atoms with Gasteiger partial charge in [-0.2, -0.15) is 0 Å². The minimum absolute atomic E-state index is 0. The second kappa shape index (κ2) is 11.6. The molecule has 1 saturated carbocycles. The van der Waals surface area contributed by atoms with Gasteiger partial charge in [0, 0.05) is 18.2 Å². The molecular formula is C21H31Cl2N3O2. The average Bonchev–Trinajstić information content (AvgIpc) is 2.69. The van der Waals surface area contributed by atoms with Crippen molar-refractivity contribution >= 4 is 41.5 Å². The molecule has 1 aromatic carbocycles. The first kappa shape index (κ1) is 23.0. The van der Waals surface area contributed by atoms with Crippen LogP contribution in [-0.2, 0) is 4.79 Å². The van der Waals surface area contributed by atoms with E-state index in [4.69, 9.17) is 11.6 Å². The molecule has 2 fully saturated rings. The molecule has 0 atom stereocenters. The van der Waals surface area contributed by atoms with Crippen molar-refractivity contribution < 1.29 is 9.59 Å². The first-order chi connectivity index (χ1) is 13.1. The summed E-state index contributed by atoms with van der Waals surface area (Å²) in [5, 5.41) is 9.75. The number of piperidine rings is 1. The van der Waals surface area contributed by atoms with Crippen LogP contribution in [0.1, 0.15) is 68.1 Å². The fraction of sp³-hybridized carbons (Fsp3) is 0.619. The maximum atomic E-state index is 12.6. The molecule has 28 heavy (non-hydrogen) atoms. The molecule has 156 valence electrons. The van der Waals surface area contributed by atoms with Crippen LogP contribution in [0.3, 0.4) is 0 Å². The van der Waals surface area contributed by atoms with Crippen LogP contribution in [0, 0.1) is 5.92 Å². The van der Waals surface area contributed by atoms with E-state index < -0.39 is 0 Å². The number of halogens is 2. The van der Waals surface area contributed by atoms with Crippen molar-refractivity contribution in [1.82, 2.24) is 10.6 Å². The lowest BCUT2D eigenvalue weighted by Crippen LogP contribution is -2.36. The van der Waals surface area contributed by atoms with Crippen LogP contribution < -0.4 is 16.0 Å².